The number of halogens is 2. The second kappa shape index (κ2) is 5.39. The van der Waals surface area contributed by atoms with Gasteiger partial charge >= 0.3 is 0 Å². The van der Waals surface area contributed by atoms with E-state index in [4.69, 9.17) is 21.9 Å². The largest absolute Gasteiger partial charge is 0.334 e. The van der Waals surface area contributed by atoms with Crippen molar-refractivity contribution in [2.24, 2.45) is 11.7 Å². The van der Waals surface area contributed by atoms with E-state index in [1.165, 1.54) is 24.6 Å². The molecule has 1 saturated carbocycles. The molecular formula is C15H17ClFN3O. The lowest BCUT2D eigenvalue weighted by atomic mass is 9.76. The first-order chi connectivity index (χ1) is 9.98. The first-order valence-corrected chi connectivity index (χ1v) is 7.44. The molecule has 1 heterocycles. The highest BCUT2D eigenvalue weighted by molar-refractivity contribution is 6.33. The van der Waals surface area contributed by atoms with Crippen LogP contribution in [0.3, 0.4) is 0 Å². The molecule has 0 spiro atoms. The SMILES string of the molecule is CC1CCCC(N)(c2noc(-c3ccc(F)cc3Cl)n2)C1. The van der Waals surface area contributed by atoms with E-state index < -0.39 is 11.4 Å². The minimum absolute atomic E-state index is 0.244. The van der Waals surface area contributed by atoms with Gasteiger partial charge in [-0.2, -0.15) is 4.98 Å². The molecular weight excluding hydrogens is 293 g/mol. The molecule has 0 bridgehead atoms. The molecule has 1 aromatic carbocycles. The number of hydrogen-bond donors (Lipinski definition) is 1. The first-order valence-electron chi connectivity index (χ1n) is 7.06. The Labute approximate surface area is 127 Å². The third-order valence-corrected chi connectivity index (χ3v) is 4.38. The maximum Gasteiger partial charge on any atom is 0.259 e. The summed E-state index contributed by atoms with van der Waals surface area (Å²) < 4.78 is 18.4. The van der Waals surface area contributed by atoms with Crippen LogP contribution < -0.4 is 5.73 Å². The molecule has 1 aliphatic carbocycles. The van der Waals surface area contributed by atoms with Crippen molar-refractivity contribution in [1.29, 1.82) is 0 Å². The van der Waals surface area contributed by atoms with Crippen LogP contribution in [0, 0.1) is 11.7 Å². The molecule has 0 radical (unpaired) electrons. The fraction of sp³-hybridized carbons (Fsp3) is 0.467. The standard InChI is InChI=1S/C15H17ClFN3O/c1-9-3-2-6-15(18,8-9)14-19-13(21-20-14)11-5-4-10(17)7-12(11)16/h4-5,7,9H,2-3,6,8,18H2,1H3. The van der Waals surface area contributed by atoms with Gasteiger partial charge in [0.25, 0.3) is 5.89 Å². The lowest BCUT2D eigenvalue weighted by Crippen LogP contribution is -2.42. The van der Waals surface area contributed by atoms with Gasteiger partial charge in [-0.15, -0.1) is 0 Å². The predicted molar refractivity (Wildman–Crippen MR) is 78.2 cm³/mol. The van der Waals surface area contributed by atoms with Crippen molar-refractivity contribution in [2.75, 3.05) is 0 Å². The molecule has 6 heteroatoms. The Morgan fingerprint density at radius 2 is 2.29 bits per heavy atom. The molecule has 0 amide bonds. The van der Waals surface area contributed by atoms with Gasteiger partial charge in [0.1, 0.15) is 5.82 Å². The van der Waals surface area contributed by atoms with Crippen LogP contribution in [0.15, 0.2) is 22.7 Å². The Morgan fingerprint density at radius 3 is 3.00 bits per heavy atom. The summed E-state index contributed by atoms with van der Waals surface area (Å²) in [4.78, 5) is 4.39. The Kier molecular flexibility index (Phi) is 3.71. The van der Waals surface area contributed by atoms with E-state index in [0.29, 0.717) is 17.3 Å². The van der Waals surface area contributed by atoms with Gasteiger partial charge in [0.2, 0.25) is 0 Å². The number of aromatic nitrogens is 2. The monoisotopic (exact) mass is 309 g/mol. The minimum Gasteiger partial charge on any atom is -0.334 e. The number of hydrogen-bond acceptors (Lipinski definition) is 4. The van der Waals surface area contributed by atoms with E-state index in [2.05, 4.69) is 17.1 Å². The number of nitrogens with zero attached hydrogens (tertiary/aromatic N) is 2. The summed E-state index contributed by atoms with van der Waals surface area (Å²) in [5.74, 6) is 0.919. The summed E-state index contributed by atoms with van der Waals surface area (Å²) in [5, 5.41) is 4.27. The van der Waals surface area contributed by atoms with E-state index in [1.54, 1.807) is 0 Å². The van der Waals surface area contributed by atoms with Crippen molar-refractivity contribution >= 4 is 11.6 Å². The van der Waals surface area contributed by atoms with Crippen LogP contribution in [-0.2, 0) is 5.54 Å². The highest BCUT2D eigenvalue weighted by Crippen LogP contribution is 2.37. The van der Waals surface area contributed by atoms with Crippen LogP contribution in [0.5, 0.6) is 0 Å². The second-order valence-electron chi connectivity index (χ2n) is 5.90. The van der Waals surface area contributed by atoms with Gasteiger partial charge in [0.05, 0.1) is 16.1 Å². The van der Waals surface area contributed by atoms with Gasteiger partial charge < -0.3 is 10.3 Å². The van der Waals surface area contributed by atoms with Crippen molar-refractivity contribution in [3.8, 4) is 11.5 Å². The summed E-state index contributed by atoms with van der Waals surface area (Å²) in [7, 11) is 0. The third kappa shape index (κ3) is 2.80. The summed E-state index contributed by atoms with van der Waals surface area (Å²) >= 11 is 6.02. The zero-order chi connectivity index (χ0) is 15.0. The van der Waals surface area contributed by atoms with Crippen molar-refractivity contribution in [3.05, 3.63) is 34.9 Å². The average molecular weight is 310 g/mol. The van der Waals surface area contributed by atoms with Gasteiger partial charge in [0, 0.05) is 0 Å². The fourth-order valence-corrected chi connectivity index (χ4v) is 3.24. The Balaban J connectivity index is 1.92. The molecule has 0 saturated heterocycles. The molecule has 1 aromatic heterocycles. The lowest BCUT2D eigenvalue weighted by molar-refractivity contribution is 0.222. The van der Waals surface area contributed by atoms with Crippen LogP contribution in [0.1, 0.15) is 38.4 Å². The summed E-state index contributed by atoms with van der Waals surface area (Å²) in [5.41, 5.74) is 6.41. The van der Waals surface area contributed by atoms with Crippen LogP contribution in [0.25, 0.3) is 11.5 Å². The molecule has 3 rings (SSSR count). The molecule has 1 aliphatic rings. The highest BCUT2D eigenvalue weighted by atomic mass is 35.5. The molecule has 2 N–H and O–H groups in total. The molecule has 2 atom stereocenters. The summed E-state index contributed by atoms with van der Waals surface area (Å²) in [6, 6.07) is 4.06. The van der Waals surface area contributed by atoms with Crippen molar-refractivity contribution in [2.45, 2.75) is 38.1 Å². The van der Waals surface area contributed by atoms with Gasteiger partial charge in [-0.25, -0.2) is 4.39 Å². The maximum atomic E-state index is 13.1. The Bertz CT molecular complexity index is 660. The molecule has 2 unspecified atom stereocenters. The third-order valence-electron chi connectivity index (χ3n) is 4.07. The molecule has 112 valence electrons. The Hall–Kier alpha value is -1.46. The van der Waals surface area contributed by atoms with E-state index >= 15 is 0 Å². The molecule has 21 heavy (non-hydrogen) atoms. The summed E-state index contributed by atoms with van der Waals surface area (Å²) in [6.07, 6.45) is 3.91. The van der Waals surface area contributed by atoms with Gasteiger partial charge in [-0.05, 0) is 37.0 Å². The fourth-order valence-electron chi connectivity index (χ4n) is 2.99. The normalized spacial score (nSPS) is 26.0. The number of nitrogens with two attached hydrogens (primary N) is 1. The number of rotatable bonds is 2. The molecule has 4 nitrogen and oxygen atoms in total. The molecule has 0 aliphatic heterocycles. The first kappa shape index (κ1) is 14.5. The minimum atomic E-state index is -0.550. The van der Waals surface area contributed by atoms with Crippen molar-refractivity contribution < 1.29 is 8.91 Å². The average Bonchev–Trinajstić information content (AvgIpc) is 2.88. The van der Waals surface area contributed by atoms with E-state index in [1.807, 2.05) is 0 Å². The quantitative estimate of drug-likeness (QED) is 0.914. The molecule has 2 aromatic rings. The van der Waals surface area contributed by atoms with Crippen LogP contribution in [-0.4, -0.2) is 10.1 Å². The second-order valence-corrected chi connectivity index (χ2v) is 6.31. The number of benzene rings is 1. The van der Waals surface area contributed by atoms with E-state index in [9.17, 15) is 4.39 Å². The van der Waals surface area contributed by atoms with Crippen LogP contribution >= 0.6 is 11.6 Å². The molecule has 1 fully saturated rings. The van der Waals surface area contributed by atoms with Crippen LogP contribution in [0.4, 0.5) is 4.39 Å². The van der Waals surface area contributed by atoms with Crippen LogP contribution in [0.2, 0.25) is 5.02 Å². The van der Waals surface area contributed by atoms with Gasteiger partial charge in [-0.3, -0.25) is 0 Å². The smallest absolute Gasteiger partial charge is 0.259 e. The van der Waals surface area contributed by atoms with Gasteiger partial charge in [-0.1, -0.05) is 36.5 Å². The topological polar surface area (TPSA) is 64.9 Å². The zero-order valence-corrected chi connectivity index (χ0v) is 12.5. The predicted octanol–water partition coefficient (Wildman–Crippen LogP) is 3.89. The maximum absolute atomic E-state index is 13.1. The lowest BCUT2D eigenvalue weighted by Gasteiger charge is -2.33. The van der Waals surface area contributed by atoms with Crippen molar-refractivity contribution in [1.82, 2.24) is 10.1 Å². The summed E-state index contributed by atoms with van der Waals surface area (Å²) in [6.45, 7) is 2.18. The van der Waals surface area contributed by atoms with Gasteiger partial charge in [0.15, 0.2) is 5.82 Å². The Morgan fingerprint density at radius 1 is 1.48 bits per heavy atom. The highest BCUT2D eigenvalue weighted by Gasteiger charge is 2.37. The van der Waals surface area contributed by atoms with E-state index in [0.717, 1.165) is 19.3 Å². The van der Waals surface area contributed by atoms with E-state index in [-0.39, 0.29) is 10.9 Å². The van der Waals surface area contributed by atoms with Crippen molar-refractivity contribution in [3.63, 3.8) is 0 Å². The zero-order valence-electron chi connectivity index (χ0n) is 11.8.